The van der Waals surface area contributed by atoms with Crippen LogP contribution in [0.3, 0.4) is 0 Å². The summed E-state index contributed by atoms with van der Waals surface area (Å²) in [5.41, 5.74) is 1.77. The average Bonchev–Trinajstić information content (AvgIpc) is 3.18. The van der Waals surface area contributed by atoms with Crippen molar-refractivity contribution in [2.75, 3.05) is 18.1 Å². The Balaban J connectivity index is 1.71. The number of aliphatic hydroxyl groups excluding tert-OH is 1. The van der Waals surface area contributed by atoms with Crippen LogP contribution in [0, 0.1) is 0 Å². The zero-order valence-corrected chi connectivity index (χ0v) is 20.6. The van der Waals surface area contributed by atoms with Crippen LogP contribution >= 0.6 is 0 Å². The molecule has 3 aromatic carbocycles. The number of nitrogens with zero attached hydrogens (tertiary/aromatic N) is 1. The van der Waals surface area contributed by atoms with E-state index in [1.54, 1.807) is 48.5 Å². The fourth-order valence-electron chi connectivity index (χ4n) is 4.33. The molecule has 1 heterocycles. The third-order valence-corrected chi connectivity index (χ3v) is 6.13. The molecule has 1 amide bonds. The van der Waals surface area contributed by atoms with Crippen LogP contribution in [0.1, 0.15) is 50.3 Å². The van der Waals surface area contributed by atoms with Gasteiger partial charge in [-0.2, -0.15) is 0 Å². The number of aliphatic hydroxyl groups is 1. The lowest BCUT2D eigenvalue weighted by Crippen LogP contribution is -2.29. The number of Topliss-reactive ketones (excluding diaryl/α,β-unsaturated/α-hetero) is 1. The molecule has 186 valence electrons. The maximum atomic E-state index is 13.3. The summed E-state index contributed by atoms with van der Waals surface area (Å²) in [5.74, 6) is -0.267. The van der Waals surface area contributed by atoms with Gasteiger partial charge in [-0.1, -0.05) is 50.1 Å². The molecule has 3 aromatic rings. The lowest BCUT2D eigenvalue weighted by Gasteiger charge is -2.25. The first-order valence-electron chi connectivity index (χ1n) is 12.4. The number of hydrogen-bond acceptors (Lipinski definition) is 5. The summed E-state index contributed by atoms with van der Waals surface area (Å²) in [6, 6.07) is 22.4. The molecule has 1 saturated heterocycles. The monoisotopic (exact) mass is 485 g/mol. The molecule has 0 saturated carbocycles. The van der Waals surface area contributed by atoms with Crippen molar-refractivity contribution in [1.29, 1.82) is 0 Å². The van der Waals surface area contributed by atoms with E-state index in [-0.39, 0.29) is 11.3 Å². The van der Waals surface area contributed by atoms with Crippen molar-refractivity contribution in [1.82, 2.24) is 0 Å². The first-order chi connectivity index (χ1) is 17.5. The summed E-state index contributed by atoms with van der Waals surface area (Å²) in [7, 11) is 0. The van der Waals surface area contributed by atoms with E-state index in [9.17, 15) is 14.7 Å². The van der Waals surface area contributed by atoms with Crippen molar-refractivity contribution in [3.05, 3.63) is 95.6 Å². The fraction of sp³-hybridized carbons (Fsp3) is 0.267. The molecule has 0 bridgehead atoms. The van der Waals surface area contributed by atoms with Crippen LogP contribution in [-0.4, -0.2) is 30.0 Å². The maximum Gasteiger partial charge on any atom is 0.300 e. The predicted octanol–water partition coefficient (Wildman–Crippen LogP) is 6.28. The summed E-state index contributed by atoms with van der Waals surface area (Å²) in [4.78, 5) is 28.0. The number of carbonyl (C=O) groups is 2. The van der Waals surface area contributed by atoms with E-state index >= 15 is 0 Å². The Kier molecular flexibility index (Phi) is 8.06. The number of ketones is 1. The van der Waals surface area contributed by atoms with Crippen LogP contribution in [0.5, 0.6) is 11.5 Å². The number of benzene rings is 3. The van der Waals surface area contributed by atoms with E-state index in [1.165, 1.54) is 4.90 Å². The van der Waals surface area contributed by atoms with Crippen molar-refractivity contribution in [2.45, 2.75) is 39.2 Å². The lowest BCUT2D eigenvalue weighted by atomic mass is 9.95. The smallest absolute Gasteiger partial charge is 0.300 e. The number of hydrogen-bond donors (Lipinski definition) is 1. The quantitative estimate of drug-likeness (QED) is 0.158. The van der Waals surface area contributed by atoms with E-state index in [1.807, 2.05) is 37.3 Å². The highest BCUT2D eigenvalue weighted by Crippen LogP contribution is 2.42. The Morgan fingerprint density at radius 1 is 0.833 bits per heavy atom. The second kappa shape index (κ2) is 11.6. The molecule has 0 aromatic heterocycles. The summed E-state index contributed by atoms with van der Waals surface area (Å²) < 4.78 is 11.3. The summed E-state index contributed by atoms with van der Waals surface area (Å²) in [6.07, 6.45) is 3.20. The van der Waals surface area contributed by atoms with Gasteiger partial charge in [0.1, 0.15) is 17.3 Å². The van der Waals surface area contributed by atoms with E-state index in [0.29, 0.717) is 36.0 Å². The third kappa shape index (κ3) is 5.28. The highest BCUT2D eigenvalue weighted by Gasteiger charge is 2.46. The molecule has 0 spiro atoms. The van der Waals surface area contributed by atoms with Crippen molar-refractivity contribution >= 4 is 23.1 Å². The Morgan fingerprint density at radius 3 is 2.11 bits per heavy atom. The predicted molar refractivity (Wildman–Crippen MR) is 140 cm³/mol. The lowest BCUT2D eigenvalue weighted by molar-refractivity contribution is -0.132. The van der Waals surface area contributed by atoms with E-state index in [0.717, 1.165) is 24.8 Å². The van der Waals surface area contributed by atoms with Gasteiger partial charge in [-0.05, 0) is 67.4 Å². The van der Waals surface area contributed by atoms with Crippen LogP contribution in [-0.2, 0) is 9.59 Å². The Hall–Kier alpha value is -4.06. The maximum absolute atomic E-state index is 13.3. The van der Waals surface area contributed by atoms with Crippen molar-refractivity contribution in [3.63, 3.8) is 0 Å². The Morgan fingerprint density at radius 2 is 1.47 bits per heavy atom. The minimum Gasteiger partial charge on any atom is -0.507 e. The fourth-order valence-corrected chi connectivity index (χ4v) is 4.33. The SMILES string of the molecule is CCCCCOc1ccc(/C(O)=C2\C(=O)C(=O)N(c3ccc(OCC)cc3)C2c2ccccc2)cc1. The first kappa shape index (κ1) is 25.0. The van der Waals surface area contributed by atoms with Crippen LogP contribution in [0.15, 0.2) is 84.4 Å². The van der Waals surface area contributed by atoms with Crippen LogP contribution in [0.4, 0.5) is 5.69 Å². The highest BCUT2D eigenvalue weighted by molar-refractivity contribution is 6.51. The molecule has 36 heavy (non-hydrogen) atoms. The molecule has 1 aliphatic heterocycles. The van der Waals surface area contributed by atoms with E-state index < -0.39 is 17.7 Å². The van der Waals surface area contributed by atoms with Gasteiger partial charge < -0.3 is 14.6 Å². The molecule has 4 rings (SSSR count). The number of carbonyl (C=O) groups excluding carboxylic acids is 2. The molecule has 1 N–H and O–H groups in total. The van der Waals surface area contributed by atoms with Crippen molar-refractivity contribution in [3.8, 4) is 11.5 Å². The second-order valence-electron chi connectivity index (χ2n) is 8.59. The molecular formula is C30H31NO5. The van der Waals surface area contributed by atoms with Gasteiger partial charge >= 0.3 is 0 Å². The van der Waals surface area contributed by atoms with Crippen molar-refractivity contribution < 1.29 is 24.2 Å². The standard InChI is InChI=1S/C30H31NO5/c1-3-5-9-20-36-25-16-12-22(13-17-25)28(32)26-27(21-10-7-6-8-11-21)31(30(34)29(26)33)23-14-18-24(19-15-23)35-4-2/h6-8,10-19,27,32H,3-5,9,20H2,1-2H3/b28-26+. The van der Waals surface area contributed by atoms with Gasteiger partial charge in [-0.15, -0.1) is 0 Å². The number of rotatable bonds is 10. The summed E-state index contributed by atoms with van der Waals surface area (Å²) >= 11 is 0. The average molecular weight is 486 g/mol. The van der Waals surface area contributed by atoms with Gasteiger partial charge in [0.05, 0.1) is 24.8 Å². The number of unbranched alkanes of at least 4 members (excludes halogenated alkanes) is 2. The summed E-state index contributed by atoms with van der Waals surface area (Å²) in [5, 5.41) is 11.3. The number of amides is 1. The largest absolute Gasteiger partial charge is 0.507 e. The normalized spacial score (nSPS) is 16.8. The van der Waals surface area contributed by atoms with Gasteiger partial charge in [0.15, 0.2) is 0 Å². The molecule has 1 aliphatic rings. The second-order valence-corrected chi connectivity index (χ2v) is 8.59. The molecule has 0 radical (unpaired) electrons. The zero-order valence-electron chi connectivity index (χ0n) is 20.6. The van der Waals surface area contributed by atoms with Gasteiger partial charge in [0.25, 0.3) is 11.7 Å². The Bertz CT molecular complexity index is 1220. The minimum absolute atomic E-state index is 0.0525. The molecule has 0 aliphatic carbocycles. The van der Waals surface area contributed by atoms with Crippen LogP contribution in [0.2, 0.25) is 0 Å². The molecule has 6 nitrogen and oxygen atoms in total. The van der Waals surface area contributed by atoms with Gasteiger partial charge in [0.2, 0.25) is 0 Å². The van der Waals surface area contributed by atoms with Crippen LogP contribution in [0.25, 0.3) is 5.76 Å². The zero-order chi connectivity index (χ0) is 25.5. The highest BCUT2D eigenvalue weighted by atomic mass is 16.5. The van der Waals surface area contributed by atoms with Crippen LogP contribution < -0.4 is 14.4 Å². The van der Waals surface area contributed by atoms with E-state index in [4.69, 9.17) is 9.47 Å². The minimum atomic E-state index is -0.769. The first-order valence-corrected chi connectivity index (χ1v) is 12.4. The van der Waals surface area contributed by atoms with E-state index in [2.05, 4.69) is 6.92 Å². The Labute approximate surface area is 211 Å². The van der Waals surface area contributed by atoms with Gasteiger partial charge in [0, 0.05) is 11.3 Å². The molecule has 1 fully saturated rings. The van der Waals surface area contributed by atoms with Gasteiger partial charge in [-0.3, -0.25) is 14.5 Å². The number of ether oxygens (including phenoxy) is 2. The topological polar surface area (TPSA) is 76.1 Å². The third-order valence-electron chi connectivity index (χ3n) is 6.13. The molecule has 1 unspecified atom stereocenters. The van der Waals surface area contributed by atoms with Crippen molar-refractivity contribution in [2.24, 2.45) is 0 Å². The molecule has 6 heteroatoms. The molecular weight excluding hydrogens is 454 g/mol. The molecule has 1 atom stereocenters. The number of anilines is 1. The van der Waals surface area contributed by atoms with Gasteiger partial charge in [-0.25, -0.2) is 0 Å². The summed E-state index contributed by atoms with van der Waals surface area (Å²) in [6.45, 7) is 5.18.